The summed E-state index contributed by atoms with van der Waals surface area (Å²) >= 11 is 1.78. The zero-order valence-electron chi connectivity index (χ0n) is 11.6. The van der Waals surface area contributed by atoms with Gasteiger partial charge in [0.1, 0.15) is 5.01 Å². The van der Waals surface area contributed by atoms with Gasteiger partial charge in [-0.05, 0) is 43.7 Å². The largest absolute Gasteiger partial charge is 0.319 e. The Hall–Kier alpha value is -1.19. The van der Waals surface area contributed by atoms with E-state index in [0.717, 1.165) is 30.7 Å². The Balaban J connectivity index is 1.96. The van der Waals surface area contributed by atoms with E-state index >= 15 is 0 Å². The minimum Gasteiger partial charge on any atom is -0.319 e. The topological polar surface area (TPSA) is 38.9 Å². The summed E-state index contributed by atoms with van der Waals surface area (Å²) in [4.78, 5) is 6.11. The molecule has 1 aromatic carbocycles. The van der Waals surface area contributed by atoms with Crippen molar-refractivity contribution in [2.45, 2.75) is 45.1 Å². The van der Waals surface area contributed by atoms with Crippen LogP contribution < -0.4 is 5.73 Å². The third-order valence-corrected chi connectivity index (χ3v) is 5.35. The molecular weight excluding hydrogens is 252 g/mol. The zero-order valence-corrected chi connectivity index (χ0v) is 12.4. The highest BCUT2D eigenvalue weighted by atomic mass is 32.1. The normalized spacial score (nSPS) is 22.3. The van der Waals surface area contributed by atoms with Crippen molar-refractivity contribution in [3.63, 3.8) is 0 Å². The van der Waals surface area contributed by atoms with Gasteiger partial charge in [-0.1, -0.05) is 31.2 Å². The maximum absolute atomic E-state index is 6.68. The number of aryl methyl sites for hydroxylation is 3. The van der Waals surface area contributed by atoms with Crippen molar-refractivity contribution in [2.24, 2.45) is 5.73 Å². The first-order valence-corrected chi connectivity index (χ1v) is 7.76. The molecule has 1 unspecified atom stereocenters. The van der Waals surface area contributed by atoms with Gasteiger partial charge in [0.15, 0.2) is 0 Å². The molecule has 1 aromatic heterocycles. The average Bonchev–Trinajstić information content (AvgIpc) is 2.80. The van der Waals surface area contributed by atoms with Gasteiger partial charge in [0.25, 0.3) is 0 Å². The molecule has 19 heavy (non-hydrogen) atoms. The van der Waals surface area contributed by atoms with Gasteiger partial charge in [0.2, 0.25) is 0 Å². The van der Waals surface area contributed by atoms with Crippen LogP contribution in [0.3, 0.4) is 0 Å². The highest BCUT2D eigenvalue weighted by molar-refractivity contribution is 7.11. The van der Waals surface area contributed by atoms with Crippen LogP contribution in [0.4, 0.5) is 0 Å². The number of hydrogen-bond acceptors (Lipinski definition) is 3. The van der Waals surface area contributed by atoms with Crippen molar-refractivity contribution < 1.29 is 0 Å². The van der Waals surface area contributed by atoms with Crippen molar-refractivity contribution in [2.75, 3.05) is 0 Å². The number of rotatable bonds is 2. The SMILES string of the molecule is CCc1nc(C2(N)CCc3ccccc3C2)sc1C. The van der Waals surface area contributed by atoms with E-state index in [0.29, 0.717) is 0 Å². The molecule has 2 aromatic rings. The van der Waals surface area contributed by atoms with Crippen LogP contribution in [0.5, 0.6) is 0 Å². The summed E-state index contributed by atoms with van der Waals surface area (Å²) in [5.41, 5.74) is 10.5. The lowest BCUT2D eigenvalue weighted by atomic mass is 9.79. The lowest BCUT2D eigenvalue weighted by Gasteiger charge is -2.33. The lowest BCUT2D eigenvalue weighted by molar-refractivity contribution is 0.383. The van der Waals surface area contributed by atoms with Crippen LogP contribution in [0, 0.1) is 6.92 Å². The second-order valence-electron chi connectivity index (χ2n) is 5.48. The molecular formula is C16H20N2S. The fourth-order valence-electron chi connectivity index (χ4n) is 2.91. The van der Waals surface area contributed by atoms with Crippen molar-refractivity contribution in [1.82, 2.24) is 4.98 Å². The van der Waals surface area contributed by atoms with Gasteiger partial charge >= 0.3 is 0 Å². The molecule has 2 N–H and O–H groups in total. The van der Waals surface area contributed by atoms with Crippen LogP contribution in [0.25, 0.3) is 0 Å². The Bertz CT molecular complexity index is 603. The number of thiazole rings is 1. The maximum Gasteiger partial charge on any atom is 0.113 e. The maximum atomic E-state index is 6.68. The van der Waals surface area contributed by atoms with E-state index in [-0.39, 0.29) is 5.54 Å². The van der Waals surface area contributed by atoms with Crippen LogP contribution in [0.1, 0.15) is 40.1 Å². The Kier molecular flexibility index (Phi) is 3.19. The Morgan fingerprint density at radius 2 is 2.05 bits per heavy atom. The molecule has 3 rings (SSSR count). The first-order chi connectivity index (χ1) is 9.12. The lowest BCUT2D eigenvalue weighted by Crippen LogP contribution is -2.42. The van der Waals surface area contributed by atoms with Crippen LogP contribution in [-0.4, -0.2) is 4.98 Å². The number of benzene rings is 1. The number of hydrogen-bond donors (Lipinski definition) is 1. The number of aromatic nitrogens is 1. The minimum absolute atomic E-state index is 0.267. The fraction of sp³-hybridized carbons (Fsp3) is 0.438. The standard InChI is InChI=1S/C16H20N2S/c1-3-14-11(2)19-15(18-14)16(17)9-8-12-6-4-5-7-13(12)10-16/h4-7H,3,8-10,17H2,1-2H3. The first-order valence-electron chi connectivity index (χ1n) is 6.95. The van der Waals surface area contributed by atoms with Crippen LogP contribution in [-0.2, 0) is 24.8 Å². The third-order valence-electron chi connectivity index (χ3n) is 4.12. The zero-order chi connectivity index (χ0) is 13.5. The van der Waals surface area contributed by atoms with Gasteiger partial charge in [0.05, 0.1) is 11.2 Å². The molecule has 1 aliphatic rings. The Morgan fingerprint density at radius 1 is 1.32 bits per heavy atom. The molecule has 1 atom stereocenters. The van der Waals surface area contributed by atoms with Gasteiger partial charge in [-0.15, -0.1) is 11.3 Å². The Labute approximate surface area is 118 Å². The summed E-state index contributed by atoms with van der Waals surface area (Å²) in [5.74, 6) is 0. The van der Waals surface area contributed by atoms with Gasteiger partial charge in [-0.3, -0.25) is 0 Å². The third kappa shape index (κ3) is 2.21. The smallest absolute Gasteiger partial charge is 0.113 e. The molecule has 0 saturated heterocycles. The van der Waals surface area contributed by atoms with E-state index in [4.69, 9.17) is 10.7 Å². The second kappa shape index (κ2) is 4.73. The van der Waals surface area contributed by atoms with E-state index in [9.17, 15) is 0 Å². The van der Waals surface area contributed by atoms with Gasteiger partial charge < -0.3 is 5.73 Å². The highest BCUT2D eigenvalue weighted by Gasteiger charge is 2.35. The molecule has 0 saturated carbocycles. The average molecular weight is 272 g/mol. The van der Waals surface area contributed by atoms with Gasteiger partial charge in [-0.2, -0.15) is 0 Å². The number of nitrogens with two attached hydrogens (primary N) is 1. The summed E-state index contributed by atoms with van der Waals surface area (Å²) in [5, 5.41) is 1.12. The summed E-state index contributed by atoms with van der Waals surface area (Å²) in [6.07, 6.45) is 3.97. The van der Waals surface area contributed by atoms with Crippen molar-refractivity contribution >= 4 is 11.3 Å². The quantitative estimate of drug-likeness (QED) is 0.910. The summed E-state index contributed by atoms with van der Waals surface area (Å²) in [7, 11) is 0. The summed E-state index contributed by atoms with van der Waals surface area (Å²) < 4.78 is 0. The monoisotopic (exact) mass is 272 g/mol. The van der Waals surface area contributed by atoms with Gasteiger partial charge in [0, 0.05) is 4.88 Å². The molecule has 100 valence electrons. The predicted molar refractivity (Wildman–Crippen MR) is 80.6 cm³/mol. The van der Waals surface area contributed by atoms with E-state index in [1.165, 1.54) is 21.7 Å². The number of fused-ring (bicyclic) bond motifs is 1. The van der Waals surface area contributed by atoms with E-state index in [2.05, 4.69) is 38.1 Å². The van der Waals surface area contributed by atoms with Gasteiger partial charge in [-0.25, -0.2) is 4.98 Å². The molecule has 1 heterocycles. The predicted octanol–water partition coefficient (Wildman–Crippen LogP) is 3.36. The summed E-state index contributed by atoms with van der Waals surface area (Å²) in [6.45, 7) is 4.31. The molecule has 0 radical (unpaired) electrons. The van der Waals surface area contributed by atoms with Crippen molar-refractivity contribution in [3.8, 4) is 0 Å². The van der Waals surface area contributed by atoms with Crippen LogP contribution >= 0.6 is 11.3 Å². The Morgan fingerprint density at radius 3 is 2.74 bits per heavy atom. The molecule has 2 nitrogen and oxygen atoms in total. The molecule has 3 heteroatoms. The fourth-order valence-corrected chi connectivity index (χ4v) is 4.04. The first kappa shape index (κ1) is 12.8. The van der Waals surface area contributed by atoms with E-state index < -0.39 is 0 Å². The highest BCUT2D eigenvalue weighted by Crippen LogP contribution is 2.37. The molecule has 0 fully saturated rings. The van der Waals surface area contributed by atoms with Crippen molar-refractivity contribution in [3.05, 3.63) is 51.0 Å². The van der Waals surface area contributed by atoms with Crippen LogP contribution in [0.2, 0.25) is 0 Å². The van der Waals surface area contributed by atoms with Crippen LogP contribution in [0.15, 0.2) is 24.3 Å². The second-order valence-corrected chi connectivity index (χ2v) is 6.68. The summed E-state index contributed by atoms with van der Waals surface area (Å²) in [6, 6.07) is 8.65. The number of nitrogens with zero attached hydrogens (tertiary/aromatic N) is 1. The molecule has 0 bridgehead atoms. The van der Waals surface area contributed by atoms with E-state index in [1.807, 2.05) is 0 Å². The minimum atomic E-state index is -0.267. The molecule has 1 aliphatic carbocycles. The van der Waals surface area contributed by atoms with Crippen molar-refractivity contribution in [1.29, 1.82) is 0 Å². The molecule has 0 amide bonds. The molecule has 0 aliphatic heterocycles. The van der Waals surface area contributed by atoms with E-state index in [1.54, 1.807) is 11.3 Å². The molecule has 0 spiro atoms.